The second-order valence-corrected chi connectivity index (χ2v) is 10.3. The van der Waals surface area contributed by atoms with Crippen molar-refractivity contribution in [3.8, 4) is 0 Å². The van der Waals surface area contributed by atoms with Gasteiger partial charge >= 0.3 is 0 Å². The molecule has 1 fully saturated rings. The Morgan fingerprint density at radius 1 is 1.20 bits per heavy atom. The zero-order valence-electron chi connectivity index (χ0n) is 17.8. The van der Waals surface area contributed by atoms with E-state index in [2.05, 4.69) is 72.3 Å². The minimum absolute atomic E-state index is 0.0299. The number of fused-ring (bicyclic) bond motifs is 1. The van der Waals surface area contributed by atoms with Gasteiger partial charge in [0, 0.05) is 18.5 Å². The van der Waals surface area contributed by atoms with Crippen molar-refractivity contribution >= 4 is 23.1 Å². The molecular formula is C24H28N4OS. The Hall–Kier alpha value is -2.60. The molecule has 0 saturated carbocycles. The van der Waals surface area contributed by atoms with E-state index in [1.807, 2.05) is 15.6 Å². The lowest BCUT2D eigenvalue weighted by molar-refractivity contribution is 0.0785. The van der Waals surface area contributed by atoms with Crippen molar-refractivity contribution in [2.24, 2.45) is 0 Å². The van der Waals surface area contributed by atoms with Crippen LogP contribution in [0.2, 0.25) is 0 Å². The van der Waals surface area contributed by atoms with Gasteiger partial charge in [-0.3, -0.25) is 4.79 Å². The zero-order valence-corrected chi connectivity index (χ0v) is 18.6. The molecule has 2 aliphatic heterocycles. The Kier molecular flexibility index (Phi) is 4.51. The predicted octanol–water partition coefficient (Wildman–Crippen LogP) is 5.04. The van der Waals surface area contributed by atoms with E-state index in [0.717, 1.165) is 31.7 Å². The summed E-state index contributed by atoms with van der Waals surface area (Å²) in [5, 5.41) is 12.6. The van der Waals surface area contributed by atoms with Crippen LogP contribution < -0.4 is 5.32 Å². The van der Waals surface area contributed by atoms with Gasteiger partial charge in [0.25, 0.3) is 5.91 Å². The van der Waals surface area contributed by atoms with Crippen molar-refractivity contribution in [1.82, 2.24) is 14.7 Å². The highest BCUT2D eigenvalue weighted by molar-refractivity contribution is 7.08. The molecule has 2 atom stereocenters. The Balaban J connectivity index is 1.44. The number of hydrogen-bond donors (Lipinski definition) is 1. The highest BCUT2D eigenvalue weighted by Gasteiger charge is 2.41. The van der Waals surface area contributed by atoms with E-state index in [0.29, 0.717) is 5.56 Å². The van der Waals surface area contributed by atoms with Gasteiger partial charge in [-0.25, -0.2) is 4.68 Å². The van der Waals surface area contributed by atoms with E-state index in [-0.39, 0.29) is 22.9 Å². The van der Waals surface area contributed by atoms with Gasteiger partial charge in [0.05, 0.1) is 17.8 Å². The van der Waals surface area contributed by atoms with Gasteiger partial charge in [-0.1, -0.05) is 37.3 Å². The number of carbonyl (C=O) groups excluding carboxylic acids is 1. The van der Waals surface area contributed by atoms with Crippen LogP contribution in [-0.2, 0) is 11.0 Å². The Bertz CT molecular complexity index is 1060. The maximum absolute atomic E-state index is 13.5. The molecule has 5 nitrogen and oxygen atoms in total. The lowest BCUT2D eigenvalue weighted by Crippen LogP contribution is -2.39. The van der Waals surface area contributed by atoms with E-state index >= 15 is 0 Å². The largest absolute Gasteiger partial charge is 0.363 e. The molecule has 2 aromatic heterocycles. The second-order valence-electron chi connectivity index (χ2n) is 9.49. The number of benzene rings is 1. The molecule has 0 spiro atoms. The van der Waals surface area contributed by atoms with Crippen LogP contribution >= 0.6 is 11.3 Å². The molecule has 0 radical (unpaired) electrons. The van der Waals surface area contributed by atoms with Crippen molar-refractivity contribution in [2.45, 2.75) is 50.6 Å². The number of rotatable bonds is 3. The number of thiophene rings is 1. The molecule has 1 saturated heterocycles. The molecule has 0 bridgehead atoms. The molecule has 6 heteroatoms. The van der Waals surface area contributed by atoms with Crippen LogP contribution in [0, 0.1) is 0 Å². The molecule has 3 aromatic rings. The first-order chi connectivity index (χ1) is 14.4. The Labute approximate surface area is 181 Å². The maximum Gasteiger partial charge on any atom is 0.259 e. The number of nitrogens with zero attached hydrogens (tertiary/aromatic N) is 3. The average Bonchev–Trinajstić information content (AvgIpc) is 3.48. The fraction of sp³-hybridized carbons (Fsp3) is 0.417. The van der Waals surface area contributed by atoms with Crippen molar-refractivity contribution in [3.63, 3.8) is 0 Å². The second kappa shape index (κ2) is 6.98. The molecule has 5 rings (SSSR count). The molecule has 4 heterocycles. The van der Waals surface area contributed by atoms with Gasteiger partial charge in [-0.05, 0) is 54.6 Å². The van der Waals surface area contributed by atoms with E-state index < -0.39 is 0 Å². The van der Waals surface area contributed by atoms with Gasteiger partial charge in [-0.15, -0.1) is 0 Å². The van der Waals surface area contributed by atoms with Gasteiger partial charge in [0.2, 0.25) is 0 Å². The quantitative estimate of drug-likeness (QED) is 0.646. The lowest BCUT2D eigenvalue weighted by atomic mass is 9.84. The van der Waals surface area contributed by atoms with Crippen LogP contribution in [0.25, 0.3) is 0 Å². The first kappa shape index (κ1) is 19.4. The number of likely N-dealkylation sites (tertiary alicyclic amines) is 1. The first-order valence-corrected chi connectivity index (χ1v) is 11.5. The monoisotopic (exact) mass is 420 g/mol. The van der Waals surface area contributed by atoms with Crippen LogP contribution in [-0.4, -0.2) is 33.7 Å². The number of carbonyl (C=O) groups is 1. The predicted molar refractivity (Wildman–Crippen MR) is 121 cm³/mol. The summed E-state index contributed by atoms with van der Waals surface area (Å²) in [6.45, 7) is 8.18. The lowest BCUT2D eigenvalue weighted by Gasteiger charge is -2.38. The number of nitrogens with one attached hydrogen (secondary N) is 1. The van der Waals surface area contributed by atoms with Gasteiger partial charge in [-0.2, -0.15) is 16.4 Å². The first-order valence-electron chi connectivity index (χ1n) is 10.6. The maximum atomic E-state index is 13.5. The van der Waals surface area contributed by atoms with E-state index in [1.165, 1.54) is 11.1 Å². The van der Waals surface area contributed by atoms with E-state index in [9.17, 15) is 4.79 Å². The smallest absolute Gasteiger partial charge is 0.259 e. The van der Waals surface area contributed by atoms with Crippen molar-refractivity contribution < 1.29 is 4.79 Å². The zero-order chi connectivity index (χ0) is 20.9. The normalized spacial score (nSPS) is 25.0. The molecule has 156 valence electrons. The van der Waals surface area contributed by atoms with Crippen molar-refractivity contribution in [1.29, 1.82) is 0 Å². The van der Waals surface area contributed by atoms with Crippen LogP contribution in [0.15, 0.2) is 53.4 Å². The van der Waals surface area contributed by atoms with E-state index in [1.54, 1.807) is 17.5 Å². The van der Waals surface area contributed by atoms with Crippen LogP contribution in [0.1, 0.15) is 61.1 Å². The third kappa shape index (κ3) is 3.14. The Morgan fingerprint density at radius 3 is 2.73 bits per heavy atom. The molecule has 1 unspecified atom stereocenters. The average molecular weight is 421 g/mol. The highest BCUT2D eigenvalue weighted by atomic mass is 32.1. The van der Waals surface area contributed by atoms with Crippen molar-refractivity contribution in [2.75, 3.05) is 18.4 Å². The summed E-state index contributed by atoms with van der Waals surface area (Å²) >= 11 is 1.72. The van der Waals surface area contributed by atoms with Crippen LogP contribution in [0.5, 0.6) is 0 Å². The number of hydrogen-bond acceptors (Lipinski definition) is 4. The number of aromatic nitrogens is 2. The van der Waals surface area contributed by atoms with Gasteiger partial charge < -0.3 is 10.2 Å². The molecule has 0 aliphatic carbocycles. The number of amides is 1. The summed E-state index contributed by atoms with van der Waals surface area (Å²) in [6, 6.07) is 12.8. The summed E-state index contributed by atoms with van der Waals surface area (Å²) < 4.78 is 1.99. The summed E-state index contributed by atoms with van der Waals surface area (Å²) in [5.41, 5.74) is 3.11. The summed E-state index contributed by atoms with van der Waals surface area (Å²) in [4.78, 5) is 15.5. The molecule has 2 aliphatic rings. The summed E-state index contributed by atoms with van der Waals surface area (Å²) in [5.74, 6) is 0.918. The van der Waals surface area contributed by atoms with Gasteiger partial charge in [0.1, 0.15) is 11.4 Å². The van der Waals surface area contributed by atoms with Crippen LogP contribution in [0.3, 0.4) is 0 Å². The Morgan fingerprint density at radius 2 is 2.00 bits per heavy atom. The molecule has 1 N–H and O–H groups in total. The van der Waals surface area contributed by atoms with Crippen molar-refractivity contribution in [3.05, 3.63) is 70.0 Å². The number of anilines is 1. The SMILES string of the molecule is CC1(c2ccsc2)CCN(C(=O)c2cnn3c2N[C@@H](c2ccccc2)CC3(C)C)C1. The van der Waals surface area contributed by atoms with Gasteiger partial charge in [0.15, 0.2) is 0 Å². The fourth-order valence-corrected chi connectivity index (χ4v) is 5.75. The van der Waals surface area contributed by atoms with E-state index in [4.69, 9.17) is 0 Å². The fourth-order valence-electron chi connectivity index (χ4n) is 4.94. The molecular weight excluding hydrogens is 392 g/mol. The minimum atomic E-state index is -0.171. The summed E-state index contributed by atoms with van der Waals surface area (Å²) in [7, 11) is 0. The third-order valence-electron chi connectivity index (χ3n) is 6.77. The highest BCUT2D eigenvalue weighted by Crippen LogP contribution is 2.41. The standard InChI is InChI=1S/C24H28N4OS/c1-23(2)13-20(17-7-5-4-6-8-17)26-21-19(14-25-28(21)23)22(29)27-11-10-24(3,16-27)18-9-12-30-15-18/h4-9,12,14-15,20,26H,10-11,13,16H2,1-3H3/t20-,24?/m1/s1. The molecule has 1 aromatic carbocycles. The summed E-state index contributed by atoms with van der Waals surface area (Å²) in [6.07, 6.45) is 3.66. The minimum Gasteiger partial charge on any atom is -0.363 e. The topological polar surface area (TPSA) is 50.2 Å². The third-order valence-corrected chi connectivity index (χ3v) is 7.45. The molecule has 30 heavy (non-hydrogen) atoms. The molecule has 1 amide bonds. The van der Waals surface area contributed by atoms with Crippen LogP contribution in [0.4, 0.5) is 5.82 Å².